The highest BCUT2D eigenvalue weighted by Gasteiger charge is 2.42. The van der Waals surface area contributed by atoms with Crippen LogP contribution in [0, 0.1) is 5.92 Å². The van der Waals surface area contributed by atoms with Crippen LogP contribution in [-0.4, -0.2) is 23.9 Å². The topological polar surface area (TPSA) is 75.6 Å². The zero-order valence-electron chi connectivity index (χ0n) is 5.90. The molecule has 12 heavy (non-hydrogen) atoms. The van der Waals surface area contributed by atoms with Crippen molar-refractivity contribution in [1.29, 1.82) is 0 Å². The first-order chi connectivity index (χ1) is 5.70. The number of hydrogen-bond acceptors (Lipinski definition) is 3. The number of fused-ring (bicyclic) bond motifs is 1. The van der Waals surface area contributed by atoms with Gasteiger partial charge in [0.25, 0.3) is 11.8 Å². The third-order valence-electron chi connectivity index (χ3n) is 1.77. The molecule has 0 aliphatic carbocycles. The summed E-state index contributed by atoms with van der Waals surface area (Å²) >= 11 is 0. The number of aliphatic imine (C=N–C) groups is 1. The predicted molar refractivity (Wildman–Crippen MR) is 38.2 cm³/mol. The summed E-state index contributed by atoms with van der Waals surface area (Å²) < 4.78 is 0. The van der Waals surface area contributed by atoms with Crippen molar-refractivity contribution in [2.45, 2.75) is 0 Å². The molecule has 2 rings (SSSR count). The smallest absolute Gasteiger partial charge is 0.262 e. The van der Waals surface area contributed by atoms with Gasteiger partial charge >= 0.3 is 0 Å². The molecule has 1 atom stereocenters. The zero-order valence-corrected chi connectivity index (χ0v) is 5.90. The lowest BCUT2D eigenvalue weighted by molar-refractivity contribution is -0.130. The summed E-state index contributed by atoms with van der Waals surface area (Å²) in [4.78, 5) is 36.3. The molecule has 0 aromatic carbocycles. The van der Waals surface area contributed by atoms with Gasteiger partial charge in [-0.05, 0) is 6.08 Å². The van der Waals surface area contributed by atoms with E-state index in [4.69, 9.17) is 0 Å². The first-order valence-electron chi connectivity index (χ1n) is 3.33. The number of carbonyl (C=O) groups excluding carboxylic acids is 3. The fourth-order valence-corrected chi connectivity index (χ4v) is 1.21. The third kappa shape index (κ3) is 0.730. The number of imide groups is 1. The van der Waals surface area contributed by atoms with Crippen molar-refractivity contribution in [3.8, 4) is 0 Å². The fourth-order valence-electron chi connectivity index (χ4n) is 1.21. The Labute approximate surface area is 67.2 Å². The Kier molecular flexibility index (Phi) is 1.21. The maximum absolute atomic E-state index is 11.0. The van der Waals surface area contributed by atoms with Crippen molar-refractivity contribution in [2.24, 2.45) is 10.9 Å². The van der Waals surface area contributed by atoms with Crippen LogP contribution in [0.15, 0.2) is 16.6 Å². The van der Waals surface area contributed by atoms with Crippen LogP contribution in [0.4, 0.5) is 0 Å². The Morgan fingerprint density at radius 2 is 2.08 bits per heavy atom. The van der Waals surface area contributed by atoms with Crippen molar-refractivity contribution in [3.05, 3.63) is 11.6 Å². The van der Waals surface area contributed by atoms with Crippen LogP contribution in [0.25, 0.3) is 0 Å². The molecule has 1 saturated heterocycles. The molecule has 2 aliphatic heterocycles. The van der Waals surface area contributed by atoms with Crippen LogP contribution in [0.1, 0.15) is 0 Å². The quantitative estimate of drug-likeness (QED) is 0.360. The largest absolute Gasteiger partial charge is 0.292 e. The maximum atomic E-state index is 11.0. The van der Waals surface area contributed by atoms with E-state index in [9.17, 15) is 14.4 Å². The van der Waals surface area contributed by atoms with Gasteiger partial charge < -0.3 is 0 Å². The molecular weight excluding hydrogens is 160 g/mol. The standard InChI is InChI=1S/C7H4N2O3/c10-5-3-1-2-8-6(11)4(3)7(12)9-5/h1-2,4H,(H,9,10,12). The molecular formula is C7H4N2O3. The van der Waals surface area contributed by atoms with Crippen LogP contribution in [-0.2, 0) is 14.4 Å². The minimum atomic E-state index is -0.998. The molecule has 0 aromatic heterocycles. The van der Waals surface area contributed by atoms with Crippen molar-refractivity contribution < 1.29 is 14.4 Å². The van der Waals surface area contributed by atoms with E-state index in [0.29, 0.717) is 0 Å². The molecule has 0 saturated carbocycles. The van der Waals surface area contributed by atoms with Gasteiger partial charge in [0.1, 0.15) is 5.92 Å². The monoisotopic (exact) mass is 164 g/mol. The summed E-state index contributed by atoms with van der Waals surface area (Å²) in [5.41, 5.74) is 0.194. The van der Waals surface area contributed by atoms with Gasteiger partial charge in [-0.15, -0.1) is 0 Å². The lowest BCUT2D eigenvalue weighted by Crippen LogP contribution is -2.26. The molecule has 0 bridgehead atoms. The van der Waals surface area contributed by atoms with Gasteiger partial charge in [0.15, 0.2) is 0 Å². The zero-order chi connectivity index (χ0) is 8.72. The Balaban J connectivity index is 2.51. The van der Waals surface area contributed by atoms with E-state index >= 15 is 0 Å². The lowest BCUT2D eigenvalue weighted by atomic mass is 9.99. The van der Waals surface area contributed by atoms with Gasteiger partial charge in [-0.1, -0.05) is 0 Å². The summed E-state index contributed by atoms with van der Waals surface area (Å²) in [6.07, 6.45) is 2.61. The van der Waals surface area contributed by atoms with E-state index in [2.05, 4.69) is 4.99 Å². The predicted octanol–water partition coefficient (Wildman–Crippen LogP) is -1.20. The van der Waals surface area contributed by atoms with E-state index < -0.39 is 23.6 Å². The fraction of sp³-hybridized carbons (Fsp3) is 0.143. The van der Waals surface area contributed by atoms with E-state index in [1.807, 2.05) is 5.32 Å². The second-order valence-electron chi connectivity index (χ2n) is 2.49. The van der Waals surface area contributed by atoms with Crippen LogP contribution in [0.2, 0.25) is 0 Å². The molecule has 0 radical (unpaired) electrons. The first kappa shape index (κ1) is 6.90. The molecule has 5 heteroatoms. The molecule has 3 amide bonds. The summed E-state index contributed by atoms with van der Waals surface area (Å²) in [6.45, 7) is 0. The van der Waals surface area contributed by atoms with Gasteiger partial charge in [-0.2, -0.15) is 0 Å². The Morgan fingerprint density at radius 1 is 1.33 bits per heavy atom. The van der Waals surface area contributed by atoms with Gasteiger partial charge in [0, 0.05) is 11.8 Å². The van der Waals surface area contributed by atoms with E-state index in [0.717, 1.165) is 0 Å². The number of amides is 3. The molecule has 1 unspecified atom stereocenters. The highest BCUT2D eigenvalue weighted by atomic mass is 16.2. The number of nitrogens with one attached hydrogen (secondary N) is 1. The van der Waals surface area contributed by atoms with E-state index in [1.165, 1.54) is 12.3 Å². The summed E-state index contributed by atoms with van der Waals surface area (Å²) in [6, 6.07) is 0. The highest BCUT2D eigenvalue weighted by Crippen LogP contribution is 2.21. The second-order valence-corrected chi connectivity index (χ2v) is 2.49. The normalized spacial score (nSPS) is 26.8. The molecule has 0 spiro atoms. The minimum Gasteiger partial charge on any atom is -0.292 e. The number of carbonyl (C=O) groups is 3. The van der Waals surface area contributed by atoms with Crippen LogP contribution >= 0.6 is 0 Å². The first-order valence-corrected chi connectivity index (χ1v) is 3.33. The van der Waals surface area contributed by atoms with Gasteiger partial charge in [-0.25, -0.2) is 4.99 Å². The Bertz CT molecular complexity index is 352. The second kappa shape index (κ2) is 2.10. The average Bonchev–Trinajstić information content (AvgIpc) is 2.29. The maximum Gasteiger partial charge on any atom is 0.262 e. The van der Waals surface area contributed by atoms with Crippen LogP contribution in [0.3, 0.4) is 0 Å². The lowest BCUT2D eigenvalue weighted by Gasteiger charge is -2.04. The number of hydrogen-bond donors (Lipinski definition) is 1. The average molecular weight is 164 g/mol. The summed E-state index contributed by atoms with van der Waals surface area (Å²) in [7, 11) is 0. The van der Waals surface area contributed by atoms with Crippen molar-refractivity contribution in [3.63, 3.8) is 0 Å². The number of nitrogens with zero attached hydrogens (tertiary/aromatic N) is 1. The Hall–Kier alpha value is -1.78. The van der Waals surface area contributed by atoms with Gasteiger partial charge in [-0.3, -0.25) is 19.7 Å². The number of allylic oxidation sites excluding steroid dienone is 1. The third-order valence-corrected chi connectivity index (χ3v) is 1.77. The molecule has 1 fully saturated rings. The molecule has 0 aromatic rings. The van der Waals surface area contributed by atoms with Crippen molar-refractivity contribution in [1.82, 2.24) is 5.32 Å². The van der Waals surface area contributed by atoms with E-state index in [-0.39, 0.29) is 5.57 Å². The SMILES string of the molecule is O=C1NC(=O)C2C(=O)N=CC=C12. The highest BCUT2D eigenvalue weighted by molar-refractivity contribution is 6.26. The van der Waals surface area contributed by atoms with Crippen molar-refractivity contribution >= 4 is 23.9 Å². The number of rotatable bonds is 0. The van der Waals surface area contributed by atoms with Crippen LogP contribution < -0.4 is 5.32 Å². The molecule has 5 nitrogen and oxygen atoms in total. The summed E-state index contributed by atoms with van der Waals surface area (Å²) in [5.74, 6) is -2.64. The van der Waals surface area contributed by atoms with E-state index in [1.54, 1.807) is 0 Å². The number of dihydropyridines is 1. The van der Waals surface area contributed by atoms with Gasteiger partial charge in [0.05, 0.1) is 0 Å². The Morgan fingerprint density at radius 3 is 2.75 bits per heavy atom. The van der Waals surface area contributed by atoms with Crippen LogP contribution in [0.5, 0.6) is 0 Å². The molecule has 1 N–H and O–H groups in total. The molecule has 2 aliphatic rings. The molecule has 60 valence electrons. The van der Waals surface area contributed by atoms with Gasteiger partial charge in [0.2, 0.25) is 5.91 Å². The minimum absolute atomic E-state index is 0.194. The van der Waals surface area contributed by atoms with Crippen molar-refractivity contribution in [2.75, 3.05) is 0 Å². The summed E-state index contributed by atoms with van der Waals surface area (Å²) in [5, 5.41) is 2.04. The molecule has 2 heterocycles.